The number of hydrogen-bond donors (Lipinski definition) is 1. The first-order chi connectivity index (χ1) is 8.25. The molecule has 96 valence electrons. The van der Waals surface area contributed by atoms with E-state index in [0.717, 1.165) is 18.8 Å². The lowest BCUT2D eigenvalue weighted by Gasteiger charge is -2.25. The number of ether oxygens (including phenoxy) is 1. The molecular weight excluding hydrogens is 214 g/mol. The van der Waals surface area contributed by atoms with Crippen LogP contribution in [0.1, 0.15) is 44.4 Å². The minimum absolute atomic E-state index is 0.469. The molecule has 1 N–H and O–H groups in total. The van der Waals surface area contributed by atoms with Crippen LogP contribution in [0.25, 0.3) is 0 Å². The SMILES string of the molecule is CC(C)CNCc1ccoc1COC1CCC1. The summed E-state index contributed by atoms with van der Waals surface area (Å²) in [6.45, 7) is 6.95. The first kappa shape index (κ1) is 12.7. The van der Waals surface area contributed by atoms with Crippen molar-refractivity contribution in [1.29, 1.82) is 0 Å². The number of nitrogens with one attached hydrogen (secondary N) is 1. The van der Waals surface area contributed by atoms with Gasteiger partial charge in [0.25, 0.3) is 0 Å². The van der Waals surface area contributed by atoms with E-state index in [1.165, 1.54) is 24.8 Å². The maximum atomic E-state index is 5.77. The molecular formula is C14H23NO2. The standard InChI is InChI=1S/C14H23NO2/c1-11(2)8-15-9-12-6-7-16-14(12)10-17-13-4-3-5-13/h6-7,11,13,15H,3-5,8-10H2,1-2H3. The zero-order chi connectivity index (χ0) is 12.1. The zero-order valence-electron chi connectivity index (χ0n) is 10.9. The minimum atomic E-state index is 0.469. The Balaban J connectivity index is 1.74. The maximum Gasteiger partial charge on any atom is 0.133 e. The van der Waals surface area contributed by atoms with Crippen LogP contribution in [0.5, 0.6) is 0 Å². The highest BCUT2D eigenvalue weighted by Gasteiger charge is 2.19. The summed E-state index contributed by atoms with van der Waals surface area (Å²) in [5.74, 6) is 1.66. The minimum Gasteiger partial charge on any atom is -0.467 e. The van der Waals surface area contributed by atoms with E-state index < -0.39 is 0 Å². The summed E-state index contributed by atoms with van der Waals surface area (Å²) in [6.07, 6.45) is 5.96. The van der Waals surface area contributed by atoms with Gasteiger partial charge in [-0.1, -0.05) is 13.8 Å². The van der Waals surface area contributed by atoms with Crippen molar-refractivity contribution in [3.05, 3.63) is 23.7 Å². The Labute approximate surface area is 104 Å². The number of hydrogen-bond acceptors (Lipinski definition) is 3. The van der Waals surface area contributed by atoms with Crippen LogP contribution in [0.15, 0.2) is 16.7 Å². The monoisotopic (exact) mass is 237 g/mol. The van der Waals surface area contributed by atoms with E-state index >= 15 is 0 Å². The van der Waals surface area contributed by atoms with Crippen LogP contribution >= 0.6 is 0 Å². The van der Waals surface area contributed by atoms with Crippen molar-refractivity contribution in [1.82, 2.24) is 5.32 Å². The lowest BCUT2D eigenvalue weighted by molar-refractivity contribution is -0.0161. The summed E-state index contributed by atoms with van der Waals surface area (Å²) in [5, 5.41) is 3.43. The van der Waals surface area contributed by atoms with Crippen LogP contribution in [-0.4, -0.2) is 12.6 Å². The molecule has 0 aliphatic heterocycles. The van der Waals surface area contributed by atoms with Crippen LogP contribution < -0.4 is 5.32 Å². The molecule has 0 unspecified atom stereocenters. The molecule has 1 aromatic rings. The van der Waals surface area contributed by atoms with Gasteiger partial charge in [-0.25, -0.2) is 0 Å². The van der Waals surface area contributed by atoms with E-state index in [9.17, 15) is 0 Å². The zero-order valence-corrected chi connectivity index (χ0v) is 10.9. The summed E-state index contributed by atoms with van der Waals surface area (Å²) in [6, 6.07) is 2.03. The predicted molar refractivity (Wildman–Crippen MR) is 67.7 cm³/mol. The fourth-order valence-electron chi connectivity index (χ4n) is 1.88. The van der Waals surface area contributed by atoms with Gasteiger partial charge in [0, 0.05) is 12.1 Å². The van der Waals surface area contributed by atoms with Gasteiger partial charge in [0.05, 0.1) is 12.4 Å². The van der Waals surface area contributed by atoms with Crippen LogP contribution in [0.3, 0.4) is 0 Å². The Hall–Kier alpha value is -0.800. The second-order valence-electron chi connectivity index (χ2n) is 5.26. The molecule has 17 heavy (non-hydrogen) atoms. The Morgan fingerprint density at radius 3 is 2.94 bits per heavy atom. The third-order valence-corrected chi connectivity index (χ3v) is 3.21. The second kappa shape index (κ2) is 6.22. The summed E-state index contributed by atoms with van der Waals surface area (Å²) >= 11 is 0. The normalized spacial score (nSPS) is 16.4. The van der Waals surface area contributed by atoms with Crippen molar-refractivity contribution in [3.63, 3.8) is 0 Å². The van der Waals surface area contributed by atoms with Crippen LogP contribution in [-0.2, 0) is 17.9 Å². The topological polar surface area (TPSA) is 34.4 Å². The molecule has 1 aliphatic rings. The quantitative estimate of drug-likeness (QED) is 0.791. The molecule has 0 spiro atoms. The van der Waals surface area contributed by atoms with E-state index in [0.29, 0.717) is 18.6 Å². The van der Waals surface area contributed by atoms with Crippen LogP contribution in [0.2, 0.25) is 0 Å². The third-order valence-electron chi connectivity index (χ3n) is 3.21. The Kier molecular flexibility index (Phi) is 4.63. The van der Waals surface area contributed by atoms with Gasteiger partial charge in [0.15, 0.2) is 0 Å². The van der Waals surface area contributed by atoms with Crippen molar-refractivity contribution < 1.29 is 9.15 Å². The lowest BCUT2D eigenvalue weighted by Crippen LogP contribution is -2.22. The summed E-state index contributed by atoms with van der Waals surface area (Å²) < 4.78 is 11.2. The van der Waals surface area contributed by atoms with Crippen molar-refractivity contribution in [2.75, 3.05) is 6.54 Å². The smallest absolute Gasteiger partial charge is 0.133 e. The molecule has 2 rings (SSSR count). The molecule has 0 saturated heterocycles. The highest BCUT2D eigenvalue weighted by molar-refractivity contribution is 5.16. The Morgan fingerprint density at radius 2 is 2.29 bits per heavy atom. The van der Waals surface area contributed by atoms with Crippen LogP contribution in [0.4, 0.5) is 0 Å². The van der Waals surface area contributed by atoms with Gasteiger partial charge in [0.2, 0.25) is 0 Å². The molecule has 1 saturated carbocycles. The predicted octanol–water partition coefficient (Wildman–Crippen LogP) is 3.09. The van der Waals surface area contributed by atoms with Gasteiger partial charge < -0.3 is 14.5 Å². The first-order valence-electron chi connectivity index (χ1n) is 6.63. The van der Waals surface area contributed by atoms with Crippen LogP contribution in [0, 0.1) is 5.92 Å². The molecule has 3 nitrogen and oxygen atoms in total. The molecule has 0 bridgehead atoms. The highest BCUT2D eigenvalue weighted by atomic mass is 16.5. The fraction of sp³-hybridized carbons (Fsp3) is 0.714. The van der Waals surface area contributed by atoms with E-state index in [1.807, 2.05) is 6.07 Å². The lowest BCUT2D eigenvalue weighted by atomic mass is 9.96. The average molecular weight is 237 g/mol. The summed E-state index contributed by atoms with van der Waals surface area (Å²) in [5.41, 5.74) is 1.23. The van der Waals surface area contributed by atoms with Gasteiger partial charge in [-0.05, 0) is 37.8 Å². The van der Waals surface area contributed by atoms with Crippen molar-refractivity contribution in [3.8, 4) is 0 Å². The molecule has 0 amide bonds. The Morgan fingerprint density at radius 1 is 1.47 bits per heavy atom. The molecule has 1 heterocycles. The van der Waals surface area contributed by atoms with Gasteiger partial charge in [0.1, 0.15) is 12.4 Å². The van der Waals surface area contributed by atoms with Gasteiger partial charge in [-0.2, -0.15) is 0 Å². The molecule has 1 aromatic heterocycles. The van der Waals surface area contributed by atoms with Crippen molar-refractivity contribution >= 4 is 0 Å². The molecule has 0 radical (unpaired) electrons. The van der Waals surface area contributed by atoms with Gasteiger partial charge >= 0.3 is 0 Å². The largest absolute Gasteiger partial charge is 0.467 e. The average Bonchev–Trinajstić information content (AvgIpc) is 2.63. The third kappa shape index (κ3) is 3.86. The van der Waals surface area contributed by atoms with Crippen molar-refractivity contribution in [2.45, 2.75) is 52.4 Å². The highest BCUT2D eigenvalue weighted by Crippen LogP contribution is 2.24. The number of furan rings is 1. The molecule has 3 heteroatoms. The van der Waals surface area contributed by atoms with E-state index in [-0.39, 0.29) is 0 Å². The van der Waals surface area contributed by atoms with Gasteiger partial charge in [-0.15, -0.1) is 0 Å². The molecule has 1 aliphatic carbocycles. The van der Waals surface area contributed by atoms with Gasteiger partial charge in [-0.3, -0.25) is 0 Å². The molecule has 1 fully saturated rings. The van der Waals surface area contributed by atoms with E-state index in [4.69, 9.17) is 9.15 Å². The summed E-state index contributed by atoms with van der Waals surface area (Å²) in [7, 11) is 0. The first-order valence-corrected chi connectivity index (χ1v) is 6.63. The number of rotatable bonds is 7. The Bertz CT molecular complexity index is 329. The maximum absolute atomic E-state index is 5.77. The second-order valence-corrected chi connectivity index (χ2v) is 5.26. The van der Waals surface area contributed by atoms with Crippen molar-refractivity contribution in [2.24, 2.45) is 5.92 Å². The molecule has 0 aromatic carbocycles. The van der Waals surface area contributed by atoms with E-state index in [2.05, 4.69) is 19.2 Å². The fourth-order valence-corrected chi connectivity index (χ4v) is 1.88. The van der Waals surface area contributed by atoms with E-state index in [1.54, 1.807) is 6.26 Å². The summed E-state index contributed by atoms with van der Waals surface area (Å²) in [4.78, 5) is 0. The molecule has 0 atom stereocenters.